The van der Waals surface area contributed by atoms with Crippen LogP contribution in [0.3, 0.4) is 0 Å². The van der Waals surface area contributed by atoms with Crippen LogP contribution in [0.5, 0.6) is 0 Å². The SMILES string of the molecule is CC1CCCC(CO)(CN2CCSCC2)C1. The molecule has 94 valence electrons. The predicted octanol–water partition coefficient (Wildman–Crippen LogP) is 2.22. The van der Waals surface area contributed by atoms with Crippen LogP contribution in [0.15, 0.2) is 0 Å². The van der Waals surface area contributed by atoms with Gasteiger partial charge in [0.2, 0.25) is 0 Å². The molecule has 2 fully saturated rings. The smallest absolute Gasteiger partial charge is 0.0499 e. The molecule has 3 heteroatoms. The lowest BCUT2D eigenvalue weighted by Crippen LogP contribution is -2.45. The molecular weight excluding hydrogens is 218 g/mol. The van der Waals surface area contributed by atoms with Crippen molar-refractivity contribution in [2.24, 2.45) is 11.3 Å². The molecule has 0 aromatic rings. The Morgan fingerprint density at radius 3 is 2.75 bits per heavy atom. The van der Waals surface area contributed by atoms with E-state index in [9.17, 15) is 5.11 Å². The molecule has 0 aromatic carbocycles. The Labute approximate surface area is 104 Å². The van der Waals surface area contributed by atoms with E-state index in [1.165, 1.54) is 50.3 Å². The van der Waals surface area contributed by atoms with Crippen LogP contribution >= 0.6 is 11.8 Å². The molecule has 2 unspecified atom stereocenters. The van der Waals surface area contributed by atoms with E-state index in [4.69, 9.17) is 0 Å². The van der Waals surface area contributed by atoms with Gasteiger partial charge >= 0.3 is 0 Å². The van der Waals surface area contributed by atoms with E-state index < -0.39 is 0 Å². The van der Waals surface area contributed by atoms with Gasteiger partial charge in [0.15, 0.2) is 0 Å². The van der Waals surface area contributed by atoms with Gasteiger partial charge in [-0.1, -0.05) is 19.8 Å². The molecule has 2 rings (SSSR count). The van der Waals surface area contributed by atoms with Gasteiger partial charge in [0.25, 0.3) is 0 Å². The van der Waals surface area contributed by atoms with Crippen LogP contribution < -0.4 is 0 Å². The zero-order valence-electron chi connectivity index (χ0n) is 10.5. The molecule has 1 heterocycles. The lowest BCUT2D eigenvalue weighted by molar-refractivity contribution is 0.0266. The second-order valence-corrected chi connectivity index (χ2v) is 6.97. The molecule has 1 aliphatic carbocycles. The molecule has 0 spiro atoms. The number of hydrogen-bond acceptors (Lipinski definition) is 3. The molecule has 0 aromatic heterocycles. The Kier molecular flexibility index (Phi) is 4.57. The van der Waals surface area contributed by atoms with Crippen molar-refractivity contribution in [3.63, 3.8) is 0 Å². The number of nitrogens with zero attached hydrogens (tertiary/aromatic N) is 1. The van der Waals surface area contributed by atoms with Gasteiger partial charge in [-0.05, 0) is 18.8 Å². The molecule has 1 N–H and O–H groups in total. The molecule has 0 amide bonds. The first kappa shape index (κ1) is 12.7. The van der Waals surface area contributed by atoms with Crippen molar-refractivity contribution in [2.75, 3.05) is 37.7 Å². The first-order valence-electron chi connectivity index (χ1n) is 6.65. The van der Waals surface area contributed by atoms with Crippen molar-refractivity contribution < 1.29 is 5.11 Å². The number of aliphatic hydroxyl groups excluding tert-OH is 1. The third-order valence-electron chi connectivity index (χ3n) is 4.18. The van der Waals surface area contributed by atoms with Crippen LogP contribution in [0, 0.1) is 11.3 Å². The lowest BCUT2D eigenvalue weighted by atomic mass is 9.70. The molecule has 2 nitrogen and oxygen atoms in total. The molecule has 16 heavy (non-hydrogen) atoms. The molecule has 0 bridgehead atoms. The molecule has 1 saturated carbocycles. The van der Waals surface area contributed by atoms with Crippen molar-refractivity contribution in [1.82, 2.24) is 4.90 Å². The van der Waals surface area contributed by atoms with Gasteiger partial charge in [-0.2, -0.15) is 11.8 Å². The minimum atomic E-state index is 0.222. The summed E-state index contributed by atoms with van der Waals surface area (Å²) in [5.41, 5.74) is 0.222. The fourth-order valence-corrected chi connectivity index (χ4v) is 4.32. The Morgan fingerprint density at radius 2 is 2.12 bits per heavy atom. The van der Waals surface area contributed by atoms with Gasteiger partial charge in [0, 0.05) is 43.2 Å². The summed E-state index contributed by atoms with van der Waals surface area (Å²) in [4.78, 5) is 2.57. The standard InChI is InChI=1S/C13H25NOS/c1-12-3-2-4-13(9-12,11-15)10-14-5-7-16-8-6-14/h12,15H,2-11H2,1H3. The van der Waals surface area contributed by atoms with E-state index in [2.05, 4.69) is 23.6 Å². The van der Waals surface area contributed by atoms with Crippen LogP contribution in [-0.4, -0.2) is 47.8 Å². The largest absolute Gasteiger partial charge is 0.396 e. The summed E-state index contributed by atoms with van der Waals surface area (Å²) >= 11 is 2.06. The zero-order chi connectivity index (χ0) is 11.4. The minimum absolute atomic E-state index is 0.222. The average molecular weight is 243 g/mol. The van der Waals surface area contributed by atoms with Gasteiger partial charge in [0.1, 0.15) is 0 Å². The summed E-state index contributed by atoms with van der Waals surface area (Å²) in [5, 5.41) is 9.76. The first-order chi connectivity index (χ1) is 7.74. The highest BCUT2D eigenvalue weighted by Crippen LogP contribution is 2.39. The van der Waals surface area contributed by atoms with Crippen molar-refractivity contribution in [1.29, 1.82) is 0 Å². The summed E-state index contributed by atoms with van der Waals surface area (Å²) in [6.07, 6.45) is 5.13. The van der Waals surface area contributed by atoms with E-state index in [-0.39, 0.29) is 5.41 Å². The highest BCUT2D eigenvalue weighted by atomic mass is 32.2. The van der Waals surface area contributed by atoms with E-state index in [1.807, 2.05) is 0 Å². The summed E-state index contributed by atoms with van der Waals surface area (Å²) in [5.74, 6) is 3.36. The first-order valence-corrected chi connectivity index (χ1v) is 7.81. The van der Waals surface area contributed by atoms with Crippen LogP contribution in [0.2, 0.25) is 0 Å². The second-order valence-electron chi connectivity index (χ2n) is 5.75. The molecule has 1 saturated heterocycles. The maximum atomic E-state index is 9.76. The van der Waals surface area contributed by atoms with E-state index in [0.717, 1.165) is 12.5 Å². The molecule has 1 aliphatic heterocycles. The summed E-state index contributed by atoms with van der Waals surface area (Å²) in [6, 6.07) is 0. The van der Waals surface area contributed by atoms with Gasteiger partial charge in [0.05, 0.1) is 0 Å². The average Bonchev–Trinajstić information content (AvgIpc) is 2.30. The molecule has 0 radical (unpaired) electrons. The van der Waals surface area contributed by atoms with Gasteiger partial charge in [-0.25, -0.2) is 0 Å². The van der Waals surface area contributed by atoms with Gasteiger partial charge in [-0.15, -0.1) is 0 Å². The number of rotatable bonds is 3. The van der Waals surface area contributed by atoms with Crippen LogP contribution in [0.25, 0.3) is 0 Å². The third-order valence-corrected chi connectivity index (χ3v) is 5.13. The second kappa shape index (κ2) is 5.74. The van der Waals surface area contributed by atoms with Crippen LogP contribution in [-0.2, 0) is 0 Å². The zero-order valence-corrected chi connectivity index (χ0v) is 11.3. The fraction of sp³-hybridized carbons (Fsp3) is 1.00. The topological polar surface area (TPSA) is 23.5 Å². The number of hydrogen-bond donors (Lipinski definition) is 1. The highest BCUT2D eigenvalue weighted by molar-refractivity contribution is 7.99. The van der Waals surface area contributed by atoms with E-state index >= 15 is 0 Å². The van der Waals surface area contributed by atoms with Crippen molar-refractivity contribution in [2.45, 2.75) is 32.6 Å². The number of thioether (sulfide) groups is 1. The van der Waals surface area contributed by atoms with Crippen LogP contribution in [0.1, 0.15) is 32.6 Å². The molecule has 2 atom stereocenters. The third kappa shape index (κ3) is 3.14. The lowest BCUT2D eigenvalue weighted by Gasteiger charge is -2.43. The van der Waals surface area contributed by atoms with Gasteiger partial charge in [-0.3, -0.25) is 0 Å². The molecule has 2 aliphatic rings. The quantitative estimate of drug-likeness (QED) is 0.822. The number of aliphatic hydroxyl groups is 1. The maximum Gasteiger partial charge on any atom is 0.0499 e. The summed E-state index contributed by atoms with van der Waals surface area (Å²) in [7, 11) is 0. The Bertz CT molecular complexity index is 218. The van der Waals surface area contributed by atoms with Crippen molar-refractivity contribution in [3.8, 4) is 0 Å². The van der Waals surface area contributed by atoms with Crippen molar-refractivity contribution >= 4 is 11.8 Å². The Morgan fingerprint density at radius 1 is 1.38 bits per heavy atom. The summed E-state index contributed by atoms with van der Waals surface area (Å²) < 4.78 is 0. The van der Waals surface area contributed by atoms with E-state index in [0.29, 0.717) is 6.61 Å². The molecular formula is C13H25NOS. The Hall–Kier alpha value is 0.270. The minimum Gasteiger partial charge on any atom is -0.396 e. The fourth-order valence-electron chi connectivity index (χ4n) is 3.34. The van der Waals surface area contributed by atoms with Gasteiger partial charge < -0.3 is 10.0 Å². The van der Waals surface area contributed by atoms with E-state index in [1.54, 1.807) is 0 Å². The Balaban J connectivity index is 1.91. The summed E-state index contributed by atoms with van der Waals surface area (Å²) in [6.45, 7) is 6.31. The predicted molar refractivity (Wildman–Crippen MR) is 70.9 cm³/mol. The van der Waals surface area contributed by atoms with Crippen LogP contribution in [0.4, 0.5) is 0 Å². The highest BCUT2D eigenvalue weighted by Gasteiger charge is 2.36. The normalized spacial score (nSPS) is 37.5. The maximum absolute atomic E-state index is 9.76. The monoisotopic (exact) mass is 243 g/mol. The van der Waals surface area contributed by atoms with Crippen molar-refractivity contribution in [3.05, 3.63) is 0 Å².